The molecule has 19 heavy (non-hydrogen) atoms. The summed E-state index contributed by atoms with van der Waals surface area (Å²) in [5.74, 6) is 2.76. The predicted molar refractivity (Wildman–Crippen MR) is 75.1 cm³/mol. The van der Waals surface area contributed by atoms with Gasteiger partial charge in [0, 0.05) is 16.0 Å². The zero-order valence-corrected chi connectivity index (χ0v) is 12.3. The van der Waals surface area contributed by atoms with Crippen LogP contribution in [0.4, 0.5) is 0 Å². The number of hydrogen-bond donors (Lipinski definition) is 1. The van der Waals surface area contributed by atoms with Crippen molar-refractivity contribution in [2.75, 3.05) is 18.1 Å². The van der Waals surface area contributed by atoms with Crippen LogP contribution in [0.25, 0.3) is 11.5 Å². The number of nitrogens with zero attached hydrogens (tertiary/aromatic N) is 2. The molecule has 2 aromatic rings. The van der Waals surface area contributed by atoms with Crippen LogP contribution in [-0.4, -0.2) is 33.4 Å². The van der Waals surface area contributed by atoms with E-state index in [1.807, 2.05) is 6.07 Å². The highest BCUT2D eigenvalue weighted by Crippen LogP contribution is 2.32. The Hall–Kier alpha value is -1.05. The molecule has 100 valence electrons. The van der Waals surface area contributed by atoms with E-state index in [9.17, 15) is 5.11 Å². The molecule has 0 aliphatic carbocycles. The van der Waals surface area contributed by atoms with Crippen LogP contribution in [0.1, 0.15) is 11.9 Å². The van der Waals surface area contributed by atoms with Crippen molar-refractivity contribution in [3.8, 4) is 17.2 Å². The van der Waals surface area contributed by atoms with Crippen LogP contribution in [0.2, 0.25) is 0 Å². The molecule has 1 N–H and O–H groups in total. The summed E-state index contributed by atoms with van der Waals surface area (Å²) in [5, 5.41) is 13.8. The molecule has 3 rings (SSSR count). The van der Waals surface area contributed by atoms with E-state index >= 15 is 0 Å². The zero-order valence-electron chi connectivity index (χ0n) is 9.88. The molecule has 0 radical (unpaired) electrons. The lowest BCUT2D eigenvalue weighted by Crippen LogP contribution is -2.16. The number of halogens is 1. The molecule has 0 saturated carbocycles. The molecule has 1 atom stereocenters. The van der Waals surface area contributed by atoms with E-state index in [1.165, 1.54) is 0 Å². The van der Waals surface area contributed by atoms with Gasteiger partial charge < -0.3 is 14.4 Å². The van der Waals surface area contributed by atoms with Crippen molar-refractivity contribution in [1.82, 2.24) is 10.1 Å². The van der Waals surface area contributed by atoms with E-state index in [4.69, 9.17) is 9.26 Å². The minimum absolute atomic E-state index is 0.100. The van der Waals surface area contributed by atoms with Gasteiger partial charge in [-0.3, -0.25) is 0 Å². The van der Waals surface area contributed by atoms with Gasteiger partial charge in [0.15, 0.2) is 0 Å². The number of hydrogen-bond acceptors (Lipinski definition) is 6. The number of rotatable bonds is 2. The maximum absolute atomic E-state index is 9.87. The molecule has 2 heterocycles. The van der Waals surface area contributed by atoms with Crippen LogP contribution in [0.15, 0.2) is 27.2 Å². The Morgan fingerprint density at radius 1 is 1.42 bits per heavy atom. The summed E-state index contributed by atoms with van der Waals surface area (Å²) in [4.78, 5) is 4.30. The third kappa shape index (κ3) is 2.77. The van der Waals surface area contributed by atoms with Crippen molar-refractivity contribution in [2.24, 2.45) is 0 Å². The summed E-state index contributed by atoms with van der Waals surface area (Å²) in [6.07, 6.45) is -0.131. The lowest BCUT2D eigenvalue weighted by molar-refractivity contribution is 0.0677. The van der Waals surface area contributed by atoms with Gasteiger partial charge in [0.25, 0.3) is 5.89 Å². The molecule has 1 aliphatic rings. The fourth-order valence-electron chi connectivity index (χ4n) is 1.80. The molecular weight excluding hydrogens is 332 g/mol. The monoisotopic (exact) mass is 342 g/mol. The Bertz CT molecular complexity index is 584. The number of phenolic OH excluding ortho intramolecular Hbond substituents is 1. The van der Waals surface area contributed by atoms with Crippen molar-refractivity contribution in [3.05, 3.63) is 28.5 Å². The van der Waals surface area contributed by atoms with Gasteiger partial charge in [-0.25, -0.2) is 0 Å². The van der Waals surface area contributed by atoms with E-state index in [-0.39, 0.29) is 11.9 Å². The van der Waals surface area contributed by atoms with Gasteiger partial charge in [-0.2, -0.15) is 16.7 Å². The first kappa shape index (κ1) is 13.0. The summed E-state index contributed by atoms with van der Waals surface area (Å²) in [6, 6.07) is 5.13. The molecule has 1 aromatic carbocycles. The zero-order chi connectivity index (χ0) is 13.2. The Kier molecular flexibility index (Phi) is 3.76. The van der Waals surface area contributed by atoms with Crippen LogP contribution in [0.3, 0.4) is 0 Å². The summed E-state index contributed by atoms with van der Waals surface area (Å²) in [6.45, 7) is 0.697. The van der Waals surface area contributed by atoms with Crippen molar-refractivity contribution in [1.29, 1.82) is 0 Å². The Balaban J connectivity index is 1.87. The van der Waals surface area contributed by atoms with E-state index in [1.54, 1.807) is 23.9 Å². The maximum atomic E-state index is 9.87. The van der Waals surface area contributed by atoms with Crippen LogP contribution < -0.4 is 0 Å². The quantitative estimate of drug-likeness (QED) is 0.904. The second-order valence-electron chi connectivity index (χ2n) is 4.05. The molecule has 5 nitrogen and oxygen atoms in total. The molecule has 0 spiro atoms. The van der Waals surface area contributed by atoms with Gasteiger partial charge in [0.05, 0.1) is 12.2 Å². The number of aromatic nitrogens is 2. The average Bonchev–Trinajstić information content (AvgIpc) is 2.89. The molecule has 0 bridgehead atoms. The Labute approximate surface area is 122 Å². The summed E-state index contributed by atoms with van der Waals surface area (Å²) in [5.41, 5.74) is 0.519. The Morgan fingerprint density at radius 3 is 3.05 bits per heavy atom. The normalized spacial score (nSPS) is 19.5. The first-order chi connectivity index (χ1) is 9.24. The highest BCUT2D eigenvalue weighted by molar-refractivity contribution is 9.10. The highest BCUT2D eigenvalue weighted by atomic mass is 79.9. The average molecular weight is 343 g/mol. The molecule has 0 amide bonds. The van der Waals surface area contributed by atoms with Gasteiger partial charge in [-0.15, -0.1) is 0 Å². The SMILES string of the molecule is Oc1cc(Br)ccc1-c1nc(C2CSCCO2)no1. The number of benzene rings is 1. The van der Waals surface area contributed by atoms with Crippen LogP contribution in [-0.2, 0) is 4.74 Å². The van der Waals surface area contributed by atoms with Crippen LogP contribution in [0.5, 0.6) is 5.75 Å². The van der Waals surface area contributed by atoms with E-state index in [2.05, 4.69) is 26.1 Å². The molecule has 1 aromatic heterocycles. The molecule has 1 saturated heterocycles. The van der Waals surface area contributed by atoms with Gasteiger partial charge >= 0.3 is 0 Å². The molecule has 1 fully saturated rings. The fraction of sp³-hybridized carbons (Fsp3) is 0.333. The smallest absolute Gasteiger partial charge is 0.261 e. The van der Waals surface area contributed by atoms with Crippen LogP contribution in [0, 0.1) is 0 Å². The van der Waals surface area contributed by atoms with Gasteiger partial charge in [0.1, 0.15) is 11.9 Å². The van der Waals surface area contributed by atoms with Gasteiger partial charge in [0.2, 0.25) is 5.82 Å². The topological polar surface area (TPSA) is 68.4 Å². The van der Waals surface area contributed by atoms with Crippen molar-refractivity contribution in [3.63, 3.8) is 0 Å². The molecule has 7 heteroatoms. The second kappa shape index (κ2) is 5.52. The Morgan fingerprint density at radius 2 is 2.32 bits per heavy atom. The van der Waals surface area contributed by atoms with E-state index in [0.29, 0.717) is 23.9 Å². The second-order valence-corrected chi connectivity index (χ2v) is 6.12. The molecule has 1 unspecified atom stereocenters. The van der Waals surface area contributed by atoms with E-state index in [0.717, 1.165) is 16.0 Å². The largest absolute Gasteiger partial charge is 0.507 e. The minimum atomic E-state index is -0.131. The number of ether oxygens (including phenoxy) is 1. The molecule has 1 aliphatic heterocycles. The maximum Gasteiger partial charge on any atom is 0.261 e. The summed E-state index contributed by atoms with van der Waals surface area (Å²) in [7, 11) is 0. The number of aromatic hydroxyl groups is 1. The van der Waals surface area contributed by atoms with Gasteiger partial charge in [-0.1, -0.05) is 21.1 Å². The summed E-state index contributed by atoms with van der Waals surface area (Å²) >= 11 is 5.09. The predicted octanol–water partition coefficient (Wildman–Crippen LogP) is 3.01. The third-order valence-corrected chi connectivity index (χ3v) is 4.22. The minimum Gasteiger partial charge on any atom is -0.507 e. The third-order valence-electron chi connectivity index (χ3n) is 2.74. The number of thioether (sulfide) groups is 1. The first-order valence-electron chi connectivity index (χ1n) is 5.76. The van der Waals surface area contributed by atoms with Crippen molar-refractivity contribution < 1.29 is 14.4 Å². The van der Waals surface area contributed by atoms with Crippen molar-refractivity contribution >= 4 is 27.7 Å². The lowest BCUT2D eigenvalue weighted by atomic mass is 10.2. The van der Waals surface area contributed by atoms with E-state index < -0.39 is 0 Å². The number of phenols is 1. The standard InChI is InChI=1S/C12H11BrN2O3S/c13-7-1-2-8(9(16)5-7)12-14-11(15-18-12)10-6-19-4-3-17-10/h1-2,5,10,16H,3-4,6H2. The van der Waals surface area contributed by atoms with Crippen molar-refractivity contribution in [2.45, 2.75) is 6.10 Å². The first-order valence-corrected chi connectivity index (χ1v) is 7.70. The lowest BCUT2D eigenvalue weighted by Gasteiger charge is -2.18. The fourth-order valence-corrected chi connectivity index (χ4v) is 2.99. The van der Waals surface area contributed by atoms with Gasteiger partial charge in [-0.05, 0) is 18.2 Å². The summed E-state index contributed by atoms with van der Waals surface area (Å²) < 4.78 is 11.6. The highest BCUT2D eigenvalue weighted by Gasteiger charge is 2.23. The van der Waals surface area contributed by atoms with Crippen LogP contribution >= 0.6 is 27.7 Å². The molecular formula is C12H11BrN2O3S.